The first-order chi connectivity index (χ1) is 24.1. The Hall–Kier alpha value is -5.70. The third kappa shape index (κ3) is 4.24. The van der Waals surface area contributed by atoms with Gasteiger partial charge in [0.25, 0.3) is 0 Å². The van der Waals surface area contributed by atoms with Crippen molar-refractivity contribution in [1.82, 2.24) is 0 Å². The van der Waals surface area contributed by atoms with E-state index in [0.717, 1.165) is 5.69 Å². The van der Waals surface area contributed by atoms with E-state index in [1.165, 1.54) is 86.5 Å². The maximum atomic E-state index is 2.53. The number of anilines is 3. The molecule has 0 radical (unpaired) electrons. The summed E-state index contributed by atoms with van der Waals surface area (Å²) in [6, 6.07) is 60.6. The molecule has 0 N–H and O–H groups in total. The minimum absolute atomic E-state index is 0.142. The van der Waals surface area contributed by atoms with Crippen molar-refractivity contribution in [1.29, 1.82) is 0 Å². The van der Waals surface area contributed by atoms with Gasteiger partial charge in [-0.15, -0.1) is 11.3 Å². The smallest absolute Gasteiger partial charge is 0.0640 e. The van der Waals surface area contributed by atoms with E-state index < -0.39 is 0 Å². The summed E-state index contributed by atoms with van der Waals surface area (Å²) >= 11 is 1.89. The fourth-order valence-corrected chi connectivity index (χ4v) is 9.51. The molecule has 0 saturated heterocycles. The van der Waals surface area contributed by atoms with Crippen LogP contribution in [0.3, 0.4) is 0 Å². The van der Waals surface area contributed by atoms with Crippen LogP contribution in [0.15, 0.2) is 164 Å². The summed E-state index contributed by atoms with van der Waals surface area (Å²) < 4.78 is 2.61. The summed E-state index contributed by atoms with van der Waals surface area (Å²) in [7, 11) is 0. The lowest BCUT2D eigenvalue weighted by Gasteiger charge is -2.30. The van der Waals surface area contributed by atoms with E-state index >= 15 is 0 Å². The third-order valence-electron chi connectivity index (χ3n) is 10.6. The van der Waals surface area contributed by atoms with Crippen LogP contribution in [-0.2, 0) is 5.41 Å². The van der Waals surface area contributed by atoms with Gasteiger partial charge in [0, 0.05) is 32.1 Å². The molecule has 0 unspecified atom stereocenters. The number of thiophene rings is 1. The Balaban J connectivity index is 1.26. The average molecular weight is 644 g/mol. The molecule has 9 aromatic rings. The van der Waals surface area contributed by atoms with Crippen LogP contribution in [-0.4, -0.2) is 0 Å². The van der Waals surface area contributed by atoms with Gasteiger partial charge in [0.05, 0.1) is 16.1 Å². The Kier molecular flexibility index (Phi) is 6.16. The van der Waals surface area contributed by atoms with Crippen LogP contribution in [0.4, 0.5) is 17.1 Å². The summed E-state index contributed by atoms with van der Waals surface area (Å²) in [5.41, 5.74) is 11.3. The number of hydrogen-bond donors (Lipinski definition) is 0. The summed E-state index contributed by atoms with van der Waals surface area (Å²) in [4.78, 5) is 2.53. The fraction of sp³-hybridized carbons (Fsp3) is 0.0638. The predicted octanol–water partition coefficient (Wildman–Crippen LogP) is 13.8. The van der Waals surface area contributed by atoms with Crippen LogP contribution in [0.25, 0.3) is 64.0 Å². The molecule has 0 atom stereocenters. The molecule has 0 saturated carbocycles. The third-order valence-corrected chi connectivity index (χ3v) is 11.8. The Morgan fingerprint density at radius 2 is 1.16 bits per heavy atom. The highest BCUT2D eigenvalue weighted by Crippen LogP contribution is 2.57. The molecule has 0 fully saturated rings. The van der Waals surface area contributed by atoms with E-state index in [0.29, 0.717) is 0 Å². The zero-order valence-electron chi connectivity index (χ0n) is 27.4. The quantitative estimate of drug-likeness (QED) is 0.184. The highest BCUT2D eigenvalue weighted by atomic mass is 32.1. The zero-order chi connectivity index (χ0) is 32.7. The second kappa shape index (κ2) is 10.7. The number of fused-ring (bicyclic) bond motifs is 9. The van der Waals surface area contributed by atoms with Gasteiger partial charge in [0.2, 0.25) is 0 Å². The summed E-state index contributed by atoms with van der Waals surface area (Å²) in [5, 5.41) is 7.72. The van der Waals surface area contributed by atoms with Crippen molar-refractivity contribution in [3.63, 3.8) is 0 Å². The average Bonchev–Trinajstić information content (AvgIpc) is 3.65. The molecule has 1 nitrogen and oxygen atoms in total. The molecular weight excluding hydrogens is 611 g/mol. The monoisotopic (exact) mass is 643 g/mol. The van der Waals surface area contributed by atoms with Crippen LogP contribution in [0.2, 0.25) is 0 Å². The highest BCUT2D eigenvalue weighted by Gasteiger charge is 2.39. The van der Waals surface area contributed by atoms with Crippen molar-refractivity contribution in [2.45, 2.75) is 19.3 Å². The van der Waals surface area contributed by atoms with Gasteiger partial charge in [-0.25, -0.2) is 0 Å². The molecule has 8 aromatic carbocycles. The van der Waals surface area contributed by atoms with E-state index in [9.17, 15) is 0 Å². The number of rotatable bonds is 4. The van der Waals surface area contributed by atoms with E-state index in [2.05, 4.69) is 183 Å². The lowest BCUT2D eigenvalue weighted by atomic mass is 9.80. The first kappa shape index (κ1) is 28.3. The van der Waals surface area contributed by atoms with Gasteiger partial charge < -0.3 is 4.90 Å². The van der Waals surface area contributed by atoms with Crippen molar-refractivity contribution in [3.8, 4) is 22.3 Å². The molecule has 1 aliphatic rings. The van der Waals surface area contributed by atoms with E-state index in [4.69, 9.17) is 0 Å². The molecule has 0 bridgehead atoms. The van der Waals surface area contributed by atoms with Crippen LogP contribution in [0, 0.1) is 0 Å². The maximum Gasteiger partial charge on any atom is 0.0640 e. The first-order valence-corrected chi connectivity index (χ1v) is 17.8. The first-order valence-electron chi connectivity index (χ1n) is 17.0. The fourth-order valence-electron chi connectivity index (χ4n) is 8.30. The van der Waals surface area contributed by atoms with Crippen LogP contribution >= 0.6 is 11.3 Å². The van der Waals surface area contributed by atoms with Gasteiger partial charge in [-0.2, -0.15) is 0 Å². The standard InChI is InChI=1S/C47H33NS/c1-47(2)40-19-9-7-17-39(40)44-42(29-34-14-5-6-15-36(34)45(44)47)48(41-20-11-18-38-37-16-8-10-21-43(37)49-46(38)41)35-26-24-31(25-27-35)33-23-22-30-12-3-4-13-32(30)28-33/h3-29H,1-2H3. The minimum atomic E-state index is -0.142. The van der Waals surface area contributed by atoms with Crippen molar-refractivity contribution < 1.29 is 0 Å². The lowest BCUT2D eigenvalue weighted by molar-refractivity contribution is 0.666. The predicted molar refractivity (Wildman–Crippen MR) is 212 cm³/mol. The second-order valence-corrected chi connectivity index (χ2v) is 14.8. The molecule has 0 aliphatic heterocycles. The van der Waals surface area contributed by atoms with Crippen molar-refractivity contribution in [2.75, 3.05) is 4.90 Å². The Bertz CT molecular complexity index is 2750. The Labute approximate surface area is 290 Å². The SMILES string of the molecule is CC1(C)c2ccccc2-c2c(N(c3ccc(-c4ccc5ccccc5c4)cc3)c3cccc4c3sc3ccccc34)cc3ccccc3c21. The van der Waals surface area contributed by atoms with E-state index in [1.807, 2.05) is 11.3 Å². The van der Waals surface area contributed by atoms with Crippen molar-refractivity contribution in [2.24, 2.45) is 0 Å². The Morgan fingerprint density at radius 3 is 2.02 bits per heavy atom. The largest absolute Gasteiger partial charge is 0.308 e. The van der Waals surface area contributed by atoms with Crippen molar-refractivity contribution in [3.05, 3.63) is 175 Å². The van der Waals surface area contributed by atoms with Gasteiger partial charge in [0.15, 0.2) is 0 Å². The second-order valence-electron chi connectivity index (χ2n) is 13.7. The molecule has 0 amide bonds. The lowest BCUT2D eigenvalue weighted by Crippen LogP contribution is -2.17. The molecule has 2 heteroatoms. The highest BCUT2D eigenvalue weighted by molar-refractivity contribution is 7.26. The summed E-state index contributed by atoms with van der Waals surface area (Å²) in [6.07, 6.45) is 0. The normalized spacial score (nSPS) is 13.3. The molecular formula is C47H33NS. The number of nitrogens with zero attached hydrogens (tertiary/aromatic N) is 1. The molecule has 10 rings (SSSR count). The molecule has 1 heterocycles. The molecule has 0 spiro atoms. The molecule has 1 aliphatic carbocycles. The van der Waals surface area contributed by atoms with E-state index in [-0.39, 0.29) is 5.41 Å². The van der Waals surface area contributed by atoms with E-state index in [1.54, 1.807) is 0 Å². The minimum Gasteiger partial charge on any atom is -0.308 e. The number of benzene rings is 8. The van der Waals surface area contributed by atoms with Crippen LogP contribution < -0.4 is 4.90 Å². The summed E-state index contributed by atoms with van der Waals surface area (Å²) in [6.45, 7) is 4.78. The van der Waals surface area contributed by atoms with Crippen LogP contribution in [0.1, 0.15) is 25.0 Å². The summed E-state index contributed by atoms with van der Waals surface area (Å²) in [5.74, 6) is 0. The van der Waals surface area contributed by atoms with Crippen molar-refractivity contribution >= 4 is 70.1 Å². The van der Waals surface area contributed by atoms with Gasteiger partial charge in [-0.3, -0.25) is 0 Å². The zero-order valence-corrected chi connectivity index (χ0v) is 28.3. The molecule has 49 heavy (non-hydrogen) atoms. The van der Waals surface area contributed by atoms with Gasteiger partial charge >= 0.3 is 0 Å². The van der Waals surface area contributed by atoms with Gasteiger partial charge in [0.1, 0.15) is 0 Å². The van der Waals surface area contributed by atoms with Crippen LogP contribution in [0.5, 0.6) is 0 Å². The molecule has 232 valence electrons. The maximum absolute atomic E-state index is 2.53. The van der Waals surface area contributed by atoms with Gasteiger partial charge in [-0.1, -0.05) is 141 Å². The molecule has 1 aromatic heterocycles. The van der Waals surface area contributed by atoms with Gasteiger partial charge in [-0.05, 0) is 85.8 Å². The Morgan fingerprint density at radius 1 is 0.490 bits per heavy atom. The number of hydrogen-bond acceptors (Lipinski definition) is 2. The topological polar surface area (TPSA) is 3.24 Å².